The van der Waals surface area contributed by atoms with Crippen LogP contribution < -0.4 is 20.1 Å². The fourth-order valence-corrected chi connectivity index (χ4v) is 2.52. The van der Waals surface area contributed by atoms with Crippen molar-refractivity contribution in [2.75, 3.05) is 27.4 Å². The second kappa shape index (κ2) is 14.0. The van der Waals surface area contributed by atoms with Crippen LogP contribution in [0.25, 0.3) is 0 Å². The van der Waals surface area contributed by atoms with Crippen molar-refractivity contribution in [3.05, 3.63) is 48.2 Å². The third-order valence-corrected chi connectivity index (χ3v) is 3.84. The SMILES string of the molecule is CCCOc1ccccc1Oc1ncccc1CNC(=NC)NC(C)COC.I. The van der Waals surface area contributed by atoms with Gasteiger partial charge in [-0.05, 0) is 31.5 Å². The first-order valence-corrected chi connectivity index (χ1v) is 9.47. The lowest BCUT2D eigenvalue weighted by Gasteiger charge is -2.18. The van der Waals surface area contributed by atoms with Crippen LogP contribution in [0.15, 0.2) is 47.6 Å². The van der Waals surface area contributed by atoms with E-state index in [2.05, 4.69) is 27.5 Å². The number of para-hydroxylation sites is 2. The fraction of sp³-hybridized carbons (Fsp3) is 0.429. The van der Waals surface area contributed by atoms with Gasteiger partial charge in [-0.25, -0.2) is 4.98 Å². The van der Waals surface area contributed by atoms with Crippen LogP contribution in [-0.4, -0.2) is 44.4 Å². The van der Waals surface area contributed by atoms with Crippen molar-refractivity contribution >= 4 is 29.9 Å². The molecule has 2 N–H and O–H groups in total. The van der Waals surface area contributed by atoms with Gasteiger partial charge in [0.05, 0.1) is 13.2 Å². The molecule has 8 heteroatoms. The van der Waals surface area contributed by atoms with E-state index in [1.54, 1.807) is 20.4 Å². The number of halogens is 1. The van der Waals surface area contributed by atoms with Gasteiger partial charge in [0.2, 0.25) is 5.88 Å². The molecule has 0 amide bonds. The molecule has 0 saturated heterocycles. The zero-order valence-electron chi connectivity index (χ0n) is 17.5. The molecule has 29 heavy (non-hydrogen) atoms. The zero-order valence-corrected chi connectivity index (χ0v) is 19.8. The second-order valence-corrected chi connectivity index (χ2v) is 6.29. The molecule has 0 saturated carbocycles. The normalized spacial score (nSPS) is 11.9. The average molecular weight is 514 g/mol. The summed E-state index contributed by atoms with van der Waals surface area (Å²) in [5.41, 5.74) is 0.912. The highest BCUT2D eigenvalue weighted by molar-refractivity contribution is 14.0. The lowest BCUT2D eigenvalue weighted by Crippen LogP contribution is -2.43. The molecule has 0 aliphatic heterocycles. The molecule has 1 aromatic heterocycles. The largest absolute Gasteiger partial charge is 0.490 e. The molecule has 1 unspecified atom stereocenters. The van der Waals surface area contributed by atoms with E-state index >= 15 is 0 Å². The van der Waals surface area contributed by atoms with Gasteiger partial charge in [-0.15, -0.1) is 24.0 Å². The van der Waals surface area contributed by atoms with Gasteiger partial charge < -0.3 is 24.8 Å². The first-order chi connectivity index (χ1) is 13.7. The van der Waals surface area contributed by atoms with Gasteiger partial charge in [0.1, 0.15) is 0 Å². The molecule has 0 aliphatic rings. The summed E-state index contributed by atoms with van der Waals surface area (Å²) < 4.78 is 17.0. The molecule has 2 rings (SSSR count). The summed E-state index contributed by atoms with van der Waals surface area (Å²) in [7, 11) is 3.41. The van der Waals surface area contributed by atoms with Crippen molar-refractivity contribution < 1.29 is 14.2 Å². The van der Waals surface area contributed by atoms with Gasteiger partial charge in [0, 0.05) is 38.5 Å². The number of hydrogen-bond donors (Lipinski definition) is 2. The number of benzene rings is 1. The Hall–Kier alpha value is -2.07. The number of aromatic nitrogens is 1. The maximum Gasteiger partial charge on any atom is 0.224 e. The van der Waals surface area contributed by atoms with Gasteiger partial charge in [-0.3, -0.25) is 4.99 Å². The summed E-state index contributed by atoms with van der Waals surface area (Å²) in [4.78, 5) is 8.64. The Kier molecular flexibility index (Phi) is 12.1. The topological polar surface area (TPSA) is 77.0 Å². The molecular weight excluding hydrogens is 483 g/mol. The average Bonchev–Trinajstić information content (AvgIpc) is 2.71. The number of ether oxygens (including phenoxy) is 3. The minimum absolute atomic E-state index is 0. The van der Waals surface area contributed by atoms with Crippen LogP contribution in [0.3, 0.4) is 0 Å². The number of guanidine groups is 1. The molecule has 7 nitrogen and oxygen atoms in total. The van der Waals surface area contributed by atoms with Crippen LogP contribution in [0.5, 0.6) is 17.4 Å². The van der Waals surface area contributed by atoms with Crippen molar-refractivity contribution in [1.82, 2.24) is 15.6 Å². The van der Waals surface area contributed by atoms with Crippen LogP contribution in [0.2, 0.25) is 0 Å². The van der Waals surface area contributed by atoms with Gasteiger partial charge in [0.25, 0.3) is 0 Å². The third-order valence-electron chi connectivity index (χ3n) is 3.84. The lowest BCUT2D eigenvalue weighted by atomic mass is 10.2. The fourth-order valence-electron chi connectivity index (χ4n) is 2.52. The van der Waals surface area contributed by atoms with Crippen molar-refractivity contribution in [2.24, 2.45) is 4.99 Å². The molecule has 0 fully saturated rings. The van der Waals surface area contributed by atoms with E-state index in [-0.39, 0.29) is 30.0 Å². The highest BCUT2D eigenvalue weighted by Gasteiger charge is 2.11. The Morgan fingerprint density at radius 1 is 1.17 bits per heavy atom. The second-order valence-electron chi connectivity index (χ2n) is 6.29. The van der Waals surface area contributed by atoms with E-state index in [4.69, 9.17) is 14.2 Å². The number of nitrogens with one attached hydrogen (secondary N) is 2. The van der Waals surface area contributed by atoms with Gasteiger partial charge in [0.15, 0.2) is 17.5 Å². The van der Waals surface area contributed by atoms with Gasteiger partial charge in [-0.2, -0.15) is 0 Å². The standard InChI is InChI=1S/C21H30N4O3.HI/c1-5-13-27-18-10-6-7-11-19(18)28-20-17(9-8-12-23-20)14-24-21(22-3)25-16(2)15-26-4;/h6-12,16H,5,13-15H2,1-4H3,(H2,22,24,25);1H. The smallest absolute Gasteiger partial charge is 0.224 e. The lowest BCUT2D eigenvalue weighted by molar-refractivity contribution is 0.179. The Balaban J connectivity index is 0.00000420. The molecule has 0 spiro atoms. The number of pyridine rings is 1. The molecular formula is C21H31IN4O3. The summed E-state index contributed by atoms with van der Waals surface area (Å²) in [5.74, 6) is 2.57. The summed E-state index contributed by atoms with van der Waals surface area (Å²) in [5, 5.41) is 6.55. The number of rotatable bonds is 10. The zero-order chi connectivity index (χ0) is 20.2. The first-order valence-electron chi connectivity index (χ1n) is 9.47. The van der Waals surface area contributed by atoms with Gasteiger partial charge >= 0.3 is 0 Å². The van der Waals surface area contributed by atoms with E-state index in [1.807, 2.05) is 43.3 Å². The van der Waals surface area contributed by atoms with E-state index < -0.39 is 0 Å². The van der Waals surface area contributed by atoms with E-state index in [1.165, 1.54) is 0 Å². The maximum atomic E-state index is 6.07. The number of nitrogens with zero attached hydrogens (tertiary/aromatic N) is 2. The maximum absolute atomic E-state index is 6.07. The minimum Gasteiger partial charge on any atom is -0.490 e. The van der Waals surface area contributed by atoms with Crippen LogP contribution in [0.1, 0.15) is 25.8 Å². The molecule has 1 atom stereocenters. The Labute approximate surface area is 190 Å². The molecule has 0 aliphatic carbocycles. The van der Waals surface area contributed by atoms with Crippen molar-refractivity contribution in [2.45, 2.75) is 32.9 Å². The summed E-state index contributed by atoms with van der Waals surface area (Å²) in [6, 6.07) is 11.6. The number of aliphatic imine (C=N–C) groups is 1. The van der Waals surface area contributed by atoms with Crippen molar-refractivity contribution in [3.8, 4) is 17.4 Å². The van der Waals surface area contributed by atoms with Crippen LogP contribution in [0.4, 0.5) is 0 Å². The Morgan fingerprint density at radius 2 is 1.93 bits per heavy atom. The predicted molar refractivity (Wildman–Crippen MR) is 127 cm³/mol. The molecule has 2 aromatic rings. The van der Waals surface area contributed by atoms with Crippen LogP contribution in [0, 0.1) is 0 Å². The summed E-state index contributed by atoms with van der Waals surface area (Å²) >= 11 is 0. The Bertz CT molecular complexity index is 758. The van der Waals surface area contributed by atoms with Crippen LogP contribution in [-0.2, 0) is 11.3 Å². The molecule has 0 radical (unpaired) electrons. The van der Waals surface area contributed by atoms with Crippen molar-refractivity contribution in [1.29, 1.82) is 0 Å². The Morgan fingerprint density at radius 3 is 2.62 bits per heavy atom. The van der Waals surface area contributed by atoms with Gasteiger partial charge in [-0.1, -0.05) is 25.1 Å². The van der Waals surface area contributed by atoms with Crippen LogP contribution >= 0.6 is 24.0 Å². The highest BCUT2D eigenvalue weighted by atomic mass is 127. The molecule has 160 valence electrons. The molecule has 0 bridgehead atoms. The highest BCUT2D eigenvalue weighted by Crippen LogP contribution is 2.31. The number of methoxy groups -OCH3 is 1. The first kappa shape index (κ1) is 25.0. The monoisotopic (exact) mass is 514 g/mol. The van der Waals surface area contributed by atoms with E-state index in [0.29, 0.717) is 43.1 Å². The van der Waals surface area contributed by atoms with E-state index in [9.17, 15) is 0 Å². The third kappa shape index (κ3) is 8.45. The minimum atomic E-state index is 0. The molecule has 1 heterocycles. The quantitative estimate of drug-likeness (QED) is 0.284. The predicted octanol–water partition coefficient (Wildman–Crippen LogP) is 3.98. The number of hydrogen-bond acceptors (Lipinski definition) is 5. The van der Waals surface area contributed by atoms with Crippen molar-refractivity contribution in [3.63, 3.8) is 0 Å². The summed E-state index contributed by atoms with van der Waals surface area (Å²) in [6.45, 7) is 5.85. The van der Waals surface area contributed by atoms with E-state index in [0.717, 1.165) is 12.0 Å². The molecule has 1 aromatic carbocycles. The summed E-state index contributed by atoms with van der Waals surface area (Å²) in [6.07, 6.45) is 2.64.